The van der Waals surface area contributed by atoms with E-state index in [0.29, 0.717) is 23.0 Å². The van der Waals surface area contributed by atoms with Crippen LogP contribution in [0.5, 0.6) is 5.75 Å². The van der Waals surface area contributed by atoms with Gasteiger partial charge in [0, 0.05) is 11.6 Å². The zero-order valence-corrected chi connectivity index (χ0v) is 13.7. The van der Waals surface area contributed by atoms with Crippen molar-refractivity contribution in [3.63, 3.8) is 0 Å². The highest BCUT2D eigenvalue weighted by Crippen LogP contribution is 2.44. The molecule has 6 nitrogen and oxygen atoms in total. The first-order chi connectivity index (χ1) is 11.7. The van der Waals surface area contributed by atoms with Gasteiger partial charge in [-0.05, 0) is 62.8 Å². The summed E-state index contributed by atoms with van der Waals surface area (Å²) in [6.07, 6.45) is 4.72. The maximum absolute atomic E-state index is 12.2. The normalized spacial score (nSPS) is 16.7. The molecule has 2 saturated carbocycles. The van der Waals surface area contributed by atoms with Crippen molar-refractivity contribution in [2.75, 3.05) is 17.2 Å². The SMILES string of the molecule is Cc1noc(C2CC2)c1NC(=O)Nc1ccc(OCC2CC2)cc1. The summed E-state index contributed by atoms with van der Waals surface area (Å²) in [6.45, 7) is 2.61. The largest absolute Gasteiger partial charge is 0.493 e. The van der Waals surface area contributed by atoms with Crippen molar-refractivity contribution in [1.29, 1.82) is 0 Å². The summed E-state index contributed by atoms with van der Waals surface area (Å²) in [5.74, 6) is 2.73. The number of aryl methyl sites for hydroxylation is 1. The number of carbonyl (C=O) groups excluding carboxylic acids is 1. The van der Waals surface area contributed by atoms with E-state index in [1.165, 1.54) is 12.8 Å². The molecule has 1 heterocycles. The Morgan fingerprint density at radius 3 is 2.62 bits per heavy atom. The van der Waals surface area contributed by atoms with E-state index < -0.39 is 0 Å². The van der Waals surface area contributed by atoms with Crippen molar-refractivity contribution in [3.8, 4) is 5.75 Å². The molecule has 2 amide bonds. The second kappa shape index (κ2) is 6.19. The van der Waals surface area contributed by atoms with E-state index >= 15 is 0 Å². The van der Waals surface area contributed by atoms with Gasteiger partial charge in [0.25, 0.3) is 0 Å². The lowest BCUT2D eigenvalue weighted by Crippen LogP contribution is -2.20. The molecule has 4 rings (SSSR count). The Bertz CT molecular complexity index is 730. The number of carbonyl (C=O) groups is 1. The monoisotopic (exact) mass is 327 g/mol. The standard InChI is InChI=1S/C18H21N3O3/c1-11-16(17(24-21-11)13-4-5-13)20-18(22)19-14-6-8-15(9-7-14)23-10-12-2-3-12/h6-9,12-13H,2-5,10H2,1H3,(H2,19,20,22). The van der Waals surface area contributed by atoms with Gasteiger partial charge in [-0.1, -0.05) is 5.16 Å². The van der Waals surface area contributed by atoms with Crippen LogP contribution in [0.1, 0.15) is 43.1 Å². The van der Waals surface area contributed by atoms with E-state index in [-0.39, 0.29) is 6.03 Å². The molecule has 2 N–H and O–H groups in total. The molecule has 0 saturated heterocycles. The van der Waals surface area contributed by atoms with Gasteiger partial charge in [0.05, 0.1) is 6.61 Å². The molecular weight excluding hydrogens is 306 g/mol. The Balaban J connectivity index is 1.34. The Morgan fingerprint density at radius 1 is 1.21 bits per heavy atom. The number of nitrogens with zero attached hydrogens (tertiary/aromatic N) is 1. The highest BCUT2D eigenvalue weighted by molar-refractivity contribution is 6.00. The van der Waals surface area contributed by atoms with Crippen molar-refractivity contribution in [1.82, 2.24) is 5.16 Å². The third kappa shape index (κ3) is 3.53. The fourth-order valence-electron chi connectivity index (χ4n) is 2.57. The van der Waals surface area contributed by atoms with E-state index in [4.69, 9.17) is 9.26 Å². The summed E-state index contributed by atoms with van der Waals surface area (Å²) in [5, 5.41) is 9.63. The zero-order chi connectivity index (χ0) is 16.5. The van der Waals surface area contributed by atoms with Crippen molar-refractivity contribution >= 4 is 17.4 Å². The lowest BCUT2D eigenvalue weighted by Gasteiger charge is -2.09. The molecule has 24 heavy (non-hydrogen) atoms. The Kier molecular flexibility index (Phi) is 3.88. The van der Waals surface area contributed by atoms with Crippen LogP contribution >= 0.6 is 0 Å². The number of rotatable bonds is 6. The maximum atomic E-state index is 12.2. The number of amides is 2. The topological polar surface area (TPSA) is 76.4 Å². The molecule has 0 unspecified atom stereocenters. The first-order valence-electron chi connectivity index (χ1n) is 8.46. The molecule has 1 aromatic carbocycles. The number of benzene rings is 1. The first-order valence-corrected chi connectivity index (χ1v) is 8.46. The molecule has 2 aliphatic rings. The van der Waals surface area contributed by atoms with Crippen molar-refractivity contribution < 1.29 is 14.1 Å². The van der Waals surface area contributed by atoms with Crippen LogP contribution in [0.3, 0.4) is 0 Å². The number of hydrogen-bond donors (Lipinski definition) is 2. The smallest absolute Gasteiger partial charge is 0.323 e. The van der Waals surface area contributed by atoms with Crippen LogP contribution in [0.25, 0.3) is 0 Å². The number of ether oxygens (including phenoxy) is 1. The van der Waals surface area contributed by atoms with Gasteiger partial charge in [-0.2, -0.15) is 0 Å². The van der Waals surface area contributed by atoms with Gasteiger partial charge in [-0.3, -0.25) is 0 Å². The van der Waals surface area contributed by atoms with Gasteiger partial charge in [0.2, 0.25) is 0 Å². The molecule has 6 heteroatoms. The fourth-order valence-corrected chi connectivity index (χ4v) is 2.57. The quantitative estimate of drug-likeness (QED) is 0.829. The van der Waals surface area contributed by atoms with E-state index in [1.807, 2.05) is 31.2 Å². The van der Waals surface area contributed by atoms with Crippen LogP contribution in [0.4, 0.5) is 16.2 Å². The average Bonchev–Trinajstić information content (AvgIpc) is 3.48. The minimum Gasteiger partial charge on any atom is -0.493 e. The van der Waals surface area contributed by atoms with Crippen LogP contribution in [0.2, 0.25) is 0 Å². The van der Waals surface area contributed by atoms with Crippen LogP contribution in [-0.2, 0) is 0 Å². The third-order valence-corrected chi connectivity index (χ3v) is 4.37. The number of urea groups is 1. The summed E-state index contributed by atoms with van der Waals surface area (Å²) in [5.41, 5.74) is 2.11. The number of nitrogens with one attached hydrogen (secondary N) is 2. The lowest BCUT2D eigenvalue weighted by atomic mass is 10.2. The van der Waals surface area contributed by atoms with Crippen molar-refractivity contribution in [2.24, 2.45) is 5.92 Å². The highest BCUT2D eigenvalue weighted by Gasteiger charge is 2.32. The summed E-state index contributed by atoms with van der Waals surface area (Å²) in [7, 11) is 0. The lowest BCUT2D eigenvalue weighted by molar-refractivity contribution is 0.262. The Morgan fingerprint density at radius 2 is 1.96 bits per heavy atom. The fraction of sp³-hybridized carbons (Fsp3) is 0.444. The molecular formula is C18H21N3O3. The number of aromatic nitrogens is 1. The minimum atomic E-state index is -0.296. The minimum absolute atomic E-state index is 0.296. The molecule has 0 atom stereocenters. The maximum Gasteiger partial charge on any atom is 0.323 e. The second-order valence-corrected chi connectivity index (χ2v) is 6.64. The van der Waals surface area contributed by atoms with Crippen molar-refractivity contribution in [3.05, 3.63) is 35.7 Å². The van der Waals surface area contributed by atoms with Gasteiger partial charge in [-0.25, -0.2) is 4.79 Å². The summed E-state index contributed by atoms with van der Waals surface area (Å²) < 4.78 is 11.0. The van der Waals surface area contributed by atoms with E-state index in [2.05, 4.69) is 15.8 Å². The van der Waals surface area contributed by atoms with Gasteiger partial charge < -0.3 is 19.9 Å². The number of anilines is 2. The van der Waals surface area contributed by atoms with E-state index in [1.54, 1.807) is 0 Å². The van der Waals surface area contributed by atoms with Gasteiger partial charge in [-0.15, -0.1) is 0 Å². The molecule has 2 fully saturated rings. The molecule has 0 spiro atoms. The molecule has 0 aliphatic heterocycles. The molecule has 0 bridgehead atoms. The number of hydrogen-bond acceptors (Lipinski definition) is 4. The zero-order valence-electron chi connectivity index (χ0n) is 13.7. The van der Waals surface area contributed by atoms with Crippen molar-refractivity contribution in [2.45, 2.75) is 38.5 Å². The van der Waals surface area contributed by atoms with Gasteiger partial charge in [0.1, 0.15) is 17.1 Å². The van der Waals surface area contributed by atoms with Crippen LogP contribution in [0.15, 0.2) is 28.8 Å². The Hall–Kier alpha value is -2.50. The second-order valence-electron chi connectivity index (χ2n) is 6.64. The van der Waals surface area contributed by atoms with E-state index in [0.717, 1.165) is 36.9 Å². The van der Waals surface area contributed by atoms with Crippen LogP contribution < -0.4 is 15.4 Å². The molecule has 0 radical (unpaired) electrons. The summed E-state index contributed by atoms with van der Waals surface area (Å²) >= 11 is 0. The van der Waals surface area contributed by atoms with Crippen LogP contribution in [0, 0.1) is 12.8 Å². The predicted molar refractivity (Wildman–Crippen MR) is 90.5 cm³/mol. The van der Waals surface area contributed by atoms with Crippen LogP contribution in [-0.4, -0.2) is 17.8 Å². The predicted octanol–water partition coefficient (Wildman–Crippen LogP) is 4.29. The molecule has 1 aromatic heterocycles. The molecule has 2 aromatic rings. The van der Waals surface area contributed by atoms with Gasteiger partial charge >= 0.3 is 6.03 Å². The summed E-state index contributed by atoms with van der Waals surface area (Å²) in [4.78, 5) is 12.2. The third-order valence-electron chi connectivity index (χ3n) is 4.37. The Labute approximate surface area is 140 Å². The van der Waals surface area contributed by atoms with E-state index in [9.17, 15) is 4.79 Å². The van der Waals surface area contributed by atoms with Gasteiger partial charge in [0.15, 0.2) is 5.76 Å². The first kappa shape index (κ1) is 15.1. The molecule has 2 aliphatic carbocycles. The summed E-state index contributed by atoms with van der Waals surface area (Å²) in [6, 6.07) is 7.12. The average molecular weight is 327 g/mol. The molecule has 126 valence electrons. The highest BCUT2D eigenvalue weighted by atomic mass is 16.5.